The Hall–Kier alpha value is -11.5. The number of para-hydroxylation sites is 3. The van der Waals surface area contributed by atoms with E-state index in [9.17, 15) is 28.8 Å². The van der Waals surface area contributed by atoms with Crippen molar-refractivity contribution in [3.8, 4) is 33.4 Å². The molecule has 85 heavy (non-hydrogen) atoms. The van der Waals surface area contributed by atoms with Crippen LogP contribution in [0.1, 0.15) is 95.5 Å². The van der Waals surface area contributed by atoms with E-state index in [-0.39, 0.29) is 34.7 Å². The second-order valence-corrected chi connectivity index (χ2v) is 20.5. The molecular weight excluding hydrogens is 1050 g/mol. The molecule has 0 aliphatic carbocycles. The molecule has 0 radical (unpaired) electrons. The zero-order chi connectivity index (χ0) is 58.2. The van der Waals surface area contributed by atoms with Gasteiger partial charge < -0.3 is 4.90 Å². The number of benzene rings is 12. The lowest BCUT2D eigenvalue weighted by Crippen LogP contribution is -2.14. The van der Waals surface area contributed by atoms with Crippen molar-refractivity contribution in [2.75, 3.05) is 4.90 Å². The smallest absolute Gasteiger partial charge is 0.193 e. The summed E-state index contributed by atoms with van der Waals surface area (Å²) in [6.07, 6.45) is 0. The molecule has 0 aliphatic heterocycles. The summed E-state index contributed by atoms with van der Waals surface area (Å²) in [5.74, 6) is -1.63. The summed E-state index contributed by atoms with van der Waals surface area (Å²) in [7, 11) is 0. The minimum atomic E-state index is -0.272. The lowest BCUT2D eigenvalue weighted by molar-refractivity contribution is 0.102. The fourth-order valence-electron chi connectivity index (χ4n) is 10.8. The van der Waals surface area contributed by atoms with Crippen LogP contribution in [0.3, 0.4) is 0 Å². The van der Waals surface area contributed by atoms with Crippen molar-refractivity contribution in [2.24, 2.45) is 0 Å². The van der Waals surface area contributed by atoms with Crippen LogP contribution in [0.25, 0.3) is 33.4 Å². The second kappa shape index (κ2) is 24.3. The predicted molar refractivity (Wildman–Crippen MR) is 337 cm³/mol. The van der Waals surface area contributed by atoms with Crippen molar-refractivity contribution < 1.29 is 28.8 Å². The maximum atomic E-state index is 14.7. The zero-order valence-corrected chi connectivity index (χ0v) is 45.8. The molecule has 7 heteroatoms. The van der Waals surface area contributed by atoms with E-state index in [1.807, 2.05) is 146 Å². The quantitative estimate of drug-likeness (QED) is 0.0788. The molecule has 12 aromatic rings. The Balaban J connectivity index is 1.13. The maximum absolute atomic E-state index is 14.7. The van der Waals surface area contributed by atoms with Gasteiger partial charge in [-0.15, -0.1) is 0 Å². The van der Waals surface area contributed by atoms with E-state index >= 15 is 0 Å². The fourth-order valence-corrected chi connectivity index (χ4v) is 10.8. The zero-order valence-electron chi connectivity index (χ0n) is 45.8. The normalized spacial score (nSPS) is 10.9. The van der Waals surface area contributed by atoms with E-state index in [2.05, 4.69) is 4.90 Å². The molecule has 12 rings (SSSR count). The van der Waals surface area contributed by atoms with Gasteiger partial charge in [0.2, 0.25) is 0 Å². The molecule has 0 bridgehead atoms. The maximum Gasteiger partial charge on any atom is 0.193 e. The monoisotopic (exact) mass is 1100 g/mol. The third kappa shape index (κ3) is 11.4. The highest BCUT2D eigenvalue weighted by Gasteiger charge is 2.27. The summed E-state index contributed by atoms with van der Waals surface area (Å²) in [5, 5.41) is 0. The van der Waals surface area contributed by atoms with E-state index < -0.39 is 0 Å². The van der Waals surface area contributed by atoms with Crippen molar-refractivity contribution >= 4 is 51.8 Å². The first kappa shape index (κ1) is 54.1. The Morgan fingerprint density at radius 3 is 0.529 bits per heavy atom. The summed E-state index contributed by atoms with van der Waals surface area (Å²) < 4.78 is 0. The predicted octanol–water partition coefficient (Wildman–Crippen LogP) is 17.5. The molecule has 0 heterocycles. The molecule has 0 saturated heterocycles. The van der Waals surface area contributed by atoms with Crippen molar-refractivity contribution in [1.82, 2.24) is 0 Å². The van der Waals surface area contributed by atoms with Crippen LogP contribution in [-0.2, 0) is 0 Å². The van der Waals surface area contributed by atoms with Gasteiger partial charge in [0.05, 0.1) is 17.1 Å². The fraction of sp³-hybridized carbons (Fsp3) is 0. The Kier molecular flexibility index (Phi) is 15.4. The lowest BCUT2D eigenvalue weighted by Gasteiger charge is -2.32. The molecule has 0 atom stereocenters. The summed E-state index contributed by atoms with van der Waals surface area (Å²) in [6, 6.07) is 92.7. The van der Waals surface area contributed by atoms with Gasteiger partial charge in [-0.3, -0.25) is 28.8 Å². The molecule has 404 valence electrons. The summed E-state index contributed by atoms with van der Waals surface area (Å²) >= 11 is 0. The number of hydrogen-bond acceptors (Lipinski definition) is 7. The van der Waals surface area contributed by atoms with Crippen LogP contribution in [0.15, 0.2) is 309 Å². The third-order valence-corrected chi connectivity index (χ3v) is 15.0. The van der Waals surface area contributed by atoms with Crippen LogP contribution < -0.4 is 4.90 Å². The largest absolute Gasteiger partial charge is 0.309 e. The van der Waals surface area contributed by atoms with Crippen LogP contribution in [0.5, 0.6) is 0 Å². The van der Waals surface area contributed by atoms with Crippen LogP contribution in [0, 0.1) is 0 Å². The van der Waals surface area contributed by atoms with E-state index in [1.165, 1.54) is 0 Å². The molecule has 12 aromatic carbocycles. The van der Waals surface area contributed by atoms with Gasteiger partial charge >= 0.3 is 0 Å². The summed E-state index contributed by atoms with van der Waals surface area (Å²) in [6.45, 7) is 0. The second-order valence-electron chi connectivity index (χ2n) is 20.5. The highest BCUT2D eigenvalue weighted by molar-refractivity contribution is 6.17. The van der Waals surface area contributed by atoms with Crippen LogP contribution in [0.2, 0.25) is 0 Å². The highest BCUT2D eigenvalue weighted by atomic mass is 16.1. The number of ketones is 6. The van der Waals surface area contributed by atoms with Gasteiger partial charge in [0, 0.05) is 83.5 Å². The summed E-state index contributed by atoms with van der Waals surface area (Å²) in [4.78, 5) is 90.0. The minimum absolute atomic E-state index is 0.272. The van der Waals surface area contributed by atoms with Crippen molar-refractivity contribution in [2.45, 2.75) is 0 Å². The number of carbonyl (C=O) groups excluding carboxylic acids is 6. The van der Waals surface area contributed by atoms with E-state index in [0.29, 0.717) is 117 Å². The van der Waals surface area contributed by atoms with Crippen LogP contribution >= 0.6 is 0 Å². The van der Waals surface area contributed by atoms with E-state index in [1.54, 1.807) is 164 Å². The highest BCUT2D eigenvalue weighted by Crippen LogP contribution is 2.48. The molecule has 0 saturated carbocycles. The molecule has 0 amide bonds. The lowest BCUT2D eigenvalue weighted by atomic mass is 9.89. The first-order valence-electron chi connectivity index (χ1n) is 27.8. The van der Waals surface area contributed by atoms with Gasteiger partial charge in [-0.25, -0.2) is 0 Å². The van der Waals surface area contributed by atoms with Gasteiger partial charge in [0.15, 0.2) is 34.7 Å². The van der Waals surface area contributed by atoms with Gasteiger partial charge in [-0.2, -0.15) is 0 Å². The molecule has 0 spiro atoms. The molecule has 7 nitrogen and oxygen atoms in total. The Morgan fingerprint density at radius 2 is 0.341 bits per heavy atom. The molecule has 0 N–H and O–H groups in total. The first-order valence-corrected chi connectivity index (χ1v) is 27.8. The SMILES string of the molecule is O=C(c1ccccc1)c1cc(C(=O)c2ccccc2)cc(-c2ccccc2N(c2ccccc2-c2cc(C(=O)c3ccccc3)cc(C(=O)c3ccccc3)c2)c2ccccc2-c2cc(C(=O)c3ccccc3)cc(C(=O)c3ccccc3)c2)c1. The molecule has 0 unspecified atom stereocenters. The van der Waals surface area contributed by atoms with E-state index in [4.69, 9.17) is 0 Å². The van der Waals surface area contributed by atoms with Crippen LogP contribution in [-0.4, -0.2) is 34.7 Å². The number of nitrogens with zero attached hydrogens (tertiary/aromatic N) is 1. The summed E-state index contributed by atoms with van der Waals surface area (Å²) in [5.41, 5.74) is 9.95. The number of anilines is 3. The van der Waals surface area contributed by atoms with Crippen LogP contribution in [0.4, 0.5) is 17.1 Å². The third-order valence-electron chi connectivity index (χ3n) is 15.0. The standard InChI is InChI=1S/C78H51NO6/c80-73(52-25-7-1-8-26-52)61-43-58(44-62(49-61)74(81)53-27-9-2-10-28-53)67-37-19-22-40-70(67)79(71-41-23-20-38-68(71)59-45-63(75(82)54-29-11-3-12-30-54)50-64(46-59)76(83)55-31-13-4-14-32-55)72-42-24-21-39-69(72)60-47-65(77(84)56-33-15-5-16-34-56)51-66(48-60)78(85)57-35-17-6-18-36-57/h1-51H. The molecule has 0 aliphatic rings. The number of carbonyl (C=O) groups is 6. The van der Waals surface area contributed by atoms with Crippen molar-refractivity contribution in [1.29, 1.82) is 0 Å². The topological polar surface area (TPSA) is 106 Å². The molecule has 0 fully saturated rings. The first-order chi connectivity index (χ1) is 41.7. The van der Waals surface area contributed by atoms with Gasteiger partial charge in [-0.05, 0) is 89.5 Å². The van der Waals surface area contributed by atoms with Crippen molar-refractivity contribution in [3.63, 3.8) is 0 Å². The Labute approximate surface area is 492 Å². The number of rotatable bonds is 18. The minimum Gasteiger partial charge on any atom is -0.309 e. The molecular formula is C78H51NO6. The van der Waals surface area contributed by atoms with E-state index in [0.717, 1.165) is 0 Å². The average Bonchev–Trinajstić information content (AvgIpc) is 2.62. The molecule has 0 aromatic heterocycles. The van der Waals surface area contributed by atoms with Gasteiger partial charge in [0.1, 0.15) is 0 Å². The van der Waals surface area contributed by atoms with Gasteiger partial charge in [-0.1, -0.05) is 237 Å². The van der Waals surface area contributed by atoms with Crippen molar-refractivity contribution in [3.05, 3.63) is 376 Å². The average molecular weight is 1100 g/mol. The van der Waals surface area contributed by atoms with Gasteiger partial charge in [0.25, 0.3) is 0 Å². The Bertz CT molecular complexity index is 3830. The Morgan fingerprint density at radius 1 is 0.176 bits per heavy atom. The number of hydrogen-bond donors (Lipinski definition) is 0.